The second kappa shape index (κ2) is 8.66. The number of para-hydroxylation sites is 1. The van der Waals surface area contributed by atoms with Gasteiger partial charge in [-0.2, -0.15) is 8.78 Å². The number of urea groups is 1. The number of nitrogens with zero attached hydrogens (tertiary/aromatic N) is 1. The Morgan fingerprint density at radius 3 is 2.43 bits per heavy atom. The number of halogens is 2. The summed E-state index contributed by atoms with van der Waals surface area (Å²) in [6.07, 6.45) is -1.09. The molecule has 2 aromatic rings. The number of carbonyl (C=O) groups is 2. The number of amides is 3. The van der Waals surface area contributed by atoms with Crippen LogP contribution in [-0.4, -0.2) is 47.8 Å². The number of hydrogen-bond acceptors (Lipinski definition) is 5. The zero-order valence-corrected chi connectivity index (χ0v) is 16.5. The van der Waals surface area contributed by atoms with E-state index in [1.165, 1.54) is 31.2 Å². The first-order valence-electron chi connectivity index (χ1n) is 9.26. The summed E-state index contributed by atoms with van der Waals surface area (Å²) in [5.41, 5.74) is -0.0982. The second-order valence-electron chi connectivity index (χ2n) is 7.10. The van der Waals surface area contributed by atoms with E-state index in [1.807, 2.05) is 19.1 Å². The molecule has 2 atom stereocenters. The van der Waals surface area contributed by atoms with Gasteiger partial charge in [0.15, 0.2) is 0 Å². The van der Waals surface area contributed by atoms with Crippen LogP contribution in [0.1, 0.15) is 18.1 Å². The van der Waals surface area contributed by atoms with Gasteiger partial charge in [0.1, 0.15) is 29.7 Å². The normalized spacial score (nSPS) is 19.7. The molecule has 3 amide bonds. The Balaban J connectivity index is 1.65. The van der Waals surface area contributed by atoms with Crippen LogP contribution >= 0.6 is 0 Å². The summed E-state index contributed by atoms with van der Waals surface area (Å²) < 4.78 is 34.5. The fourth-order valence-corrected chi connectivity index (χ4v) is 3.20. The minimum atomic E-state index is -2.96. The highest BCUT2D eigenvalue weighted by Gasteiger charge is 2.49. The van der Waals surface area contributed by atoms with Crippen molar-refractivity contribution >= 4 is 11.9 Å². The molecule has 1 saturated heterocycles. The van der Waals surface area contributed by atoms with E-state index in [0.29, 0.717) is 11.3 Å². The number of β-amino-alcohol motifs (C(OH)–C–C–N with tert-alkyl or cyclic N) is 1. The zero-order chi connectivity index (χ0) is 21.9. The predicted molar refractivity (Wildman–Crippen MR) is 103 cm³/mol. The highest BCUT2D eigenvalue weighted by Crippen LogP contribution is 2.30. The molecule has 2 aromatic carbocycles. The van der Waals surface area contributed by atoms with Gasteiger partial charge in [0.2, 0.25) is 0 Å². The van der Waals surface area contributed by atoms with Gasteiger partial charge in [-0.1, -0.05) is 30.3 Å². The molecule has 0 saturated carbocycles. The van der Waals surface area contributed by atoms with E-state index in [2.05, 4.69) is 10.1 Å². The van der Waals surface area contributed by atoms with Crippen LogP contribution in [0.5, 0.6) is 11.5 Å². The lowest BCUT2D eigenvalue weighted by Gasteiger charge is -2.23. The minimum absolute atomic E-state index is 0.0604. The van der Waals surface area contributed by atoms with Gasteiger partial charge in [0.05, 0.1) is 6.54 Å². The molecule has 160 valence electrons. The number of nitrogens with one attached hydrogen (secondary N) is 1. The third-order valence-electron chi connectivity index (χ3n) is 4.85. The quantitative estimate of drug-likeness (QED) is 0.642. The molecule has 0 bridgehead atoms. The largest absolute Gasteiger partial charge is 0.491 e. The summed E-state index contributed by atoms with van der Waals surface area (Å²) in [5.74, 6) is -0.0237. The molecule has 2 N–H and O–H groups in total. The van der Waals surface area contributed by atoms with Crippen molar-refractivity contribution in [3.63, 3.8) is 0 Å². The van der Waals surface area contributed by atoms with Gasteiger partial charge >= 0.3 is 12.6 Å². The monoisotopic (exact) mass is 420 g/mol. The number of carbonyl (C=O) groups excluding carboxylic acids is 2. The molecule has 7 nitrogen and oxygen atoms in total. The summed E-state index contributed by atoms with van der Waals surface area (Å²) >= 11 is 0. The number of hydrogen-bond donors (Lipinski definition) is 2. The van der Waals surface area contributed by atoms with Gasteiger partial charge in [-0.15, -0.1) is 0 Å². The van der Waals surface area contributed by atoms with E-state index in [9.17, 15) is 23.5 Å². The third kappa shape index (κ3) is 4.51. The fraction of sp³-hybridized carbons (Fsp3) is 0.333. The van der Waals surface area contributed by atoms with Gasteiger partial charge in [0.25, 0.3) is 5.91 Å². The molecular formula is C21H22F2N2O5. The summed E-state index contributed by atoms with van der Waals surface area (Å²) in [4.78, 5) is 26.2. The highest BCUT2D eigenvalue weighted by molar-refractivity contribution is 6.07. The molecule has 3 rings (SSSR count). The summed E-state index contributed by atoms with van der Waals surface area (Å²) in [5, 5.41) is 12.9. The Morgan fingerprint density at radius 2 is 1.80 bits per heavy atom. The van der Waals surface area contributed by atoms with Crippen molar-refractivity contribution in [3.8, 4) is 11.5 Å². The van der Waals surface area contributed by atoms with E-state index in [1.54, 1.807) is 12.1 Å². The lowest BCUT2D eigenvalue weighted by atomic mass is 9.92. The number of benzene rings is 2. The smallest absolute Gasteiger partial charge is 0.387 e. The van der Waals surface area contributed by atoms with Crippen LogP contribution in [0.3, 0.4) is 0 Å². The van der Waals surface area contributed by atoms with Crippen molar-refractivity contribution in [1.29, 1.82) is 0 Å². The number of imide groups is 1. The van der Waals surface area contributed by atoms with E-state index in [4.69, 9.17) is 4.74 Å². The maximum Gasteiger partial charge on any atom is 0.387 e. The van der Waals surface area contributed by atoms with Gasteiger partial charge in [0, 0.05) is 0 Å². The Bertz CT molecular complexity index is 922. The fourth-order valence-electron chi connectivity index (χ4n) is 3.20. The minimum Gasteiger partial charge on any atom is -0.491 e. The molecule has 0 aromatic heterocycles. The molecule has 0 unspecified atom stereocenters. The molecule has 1 fully saturated rings. The van der Waals surface area contributed by atoms with Gasteiger partial charge in [-0.25, -0.2) is 4.79 Å². The van der Waals surface area contributed by atoms with Crippen molar-refractivity contribution in [3.05, 3.63) is 59.7 Å². The maximum absolute atomic E-state index is 12.9. The Morgan fingerprint density at radius 1 is 1.13 bits per heavy atom. The van der Waals surface area contributed by atoms with Gasteiger partial charge in [-0.3, -0.25) is 9.69 Å². The van der Waals surface area contributed by atoms with Crippen molar-refractivity contribution in [2.24, 2.45) is 0 Å². The number of ether oxygens (including phenoxy) is 2. The first-order valence-corrected chi connectivity index (χ1v) is 9.26. The zero-order valence-electron chi connectivity index (χ0n) is 16.5. The molecule has 1 heterocycles. The molecule has 0 aliphatic carbocycles. The molecule has 1 aliphatic rings. The van der Waals surface area contributed by atoms with Crippen LogP contribution in [0.2, 0.25) is 0 Å². The van der Waals surface area contributed by atoms with E-state index in [0.717, 1.165) is 10.5 Å². The van der Waals surface area contributed by atoms with E-state index in [-0.39, 0.29) is 18.9 Å². The average molecular weight is 420 g/mol. The van der Waals surface area contributed by atoms with Crippen LogP contribution < -0.4 is 14.8 Å². The number of aliphatic hydroxyl groups excluding tert-OH is 1. The van der Waals surface area contributed by atoms with Crippen molar-refractivity contribution in [1.82, 2.24) is 10.2 Å². The van der Waals surface area contributed by atoms with Gasteiger partial charge in [-0.05, 0) is 43.2 Å². The average Bonchev–Trinajstić information content (AvgIpc) is 2.91. The van der Waals surface area contributed by atoms with E-state index < -0.39 is 30.2 Å². The predicted octanol–water partition coefficient (Wildman–Crippen LogP) is 2.80. The highest BCUT2D eigenvalue weighted by atomic mass is 19.3. The van der Waals surface area contributed by atoms with E-state index >= 15 is 0 Å². The first-order chi connectivity index (χ1) is 14.2. The molecule has 9 heteroatoms. The molecule has 0 radical (unpaired) electrons. The van der Waals surface area contributed by atoms with Crippen molar-refractivity contribution < 1.29 is 33.0 Å². The van der Waals surface area contributed by atoms with Crippen LogP contribution in [0.15, 0.2) is 48.5 Å². The Hall–Kier alpha value is -3.20. The van der Waals surface area contributed by atoms with Crippen LogP contribution in [0.4, 0.5) is 13.6 Å². The van der Waals surface area contributed by atoms with Crippen molar-refractivity contribution in [2.75, 3.05) is 13.2 Å². The number of aliphatic hydroxyl groups is 1. The van der Waals surface area contributed by atoms with Gasteiger partial charge < -0.3 is 19.9 Å². The summed E-state index contributed by atoms with van der Waals surface area (Å²) in [7, 11) is 0. The molecule has 0 spiro atoms. The lowest BCUT2D eigenvalue weighted by molar-refractivity contribution is -0.132. The topological polar surface area (TPSA) is 88.1 Å². The Kier molecular flexibility index (Phi) is 6.21. The molecule has 1 aliphatic heterocycles. The number of alkyl halides is 2. The first kappa shape index (κ1) is 21.5. The summed E-state index contributed by atoms with van der Waals surface area (Å²) in [6, 6.07) is 12.1. The van der Waals surface area contributed by atoms with Crippen LogP contribution in [0.25, 0.3) is 0 Å². The van der Waals surface area contributed by atoms with Crippen molar-refractivity contribution in [2.45, 2.75) is 32.1 Å². The van der Waals surface area contributed by atoms with Crippen LogP contribution in [0, 0.1) is 6.92 Å². The number of rotatable bonds is 8. The standard InChI is InChI=1S/C21H22F2N2O5/c1-13-5-3-4-6-17(13)29-12-15(26)11-25-18(27)21(2,24-20(25)28)14-7-9-16(10-8-14)30-19(22)23/h3-10,15,19,26H,11-12H2,1-2H3,(H,24,28)/t15-,21+/m1/s1. The maximum atomic E-state index is 12.9. The lowest BCUT2D eigenvalue weighted by Crippen LogP contribution is -2.42. The molecule has 30 heavy (non-hydrogen) atoms. The third-order valence-corrected chi connectivity index (χ3v) is 4.85. The second-order valence-corrected chi connectivity index (χ2v) is 7.10. The SMILES string of the molecule is Cc1ccccc1OC[C@H](O)CN1C(=O)N[C@@](C)(c2ccc(OC(F)F)cc2)C1=O. The Labute approximate surface area is 172 Å². The number of aryl methyl sites for hydroxylation is 1. The van der Waals surface area contributed by atoms with Crippen LogP contribution in [-0.2, 0) is 10.3 Å². The molecular weight excluding hydrogens is 398 g/mol. The summed E-state index contributed by atoms with van der Waals surface area (Å²) in [6.45, 7) is 0.0594.